The third-order valence-electron chi connectivity index (χ3n) is 1.70. The van der Waals surface area contributed by atoms with Gasteiger partial charge in [-0.05, 0) is 13.8 Å². The molecule has 0 rings (SSSR count). The molecular weight excluding hydrogens is 208 g/mol. The van der Waals surface area contributed by atoms with Crippen LogP contribution in [0.3, 0.4) is 0 Å². The molecular formula is C10H22N4O2. The molecule has 0 fully saturated rings. The molecule has 0 spiro atoms. The highest BCUT2D eigenvalue weighted by Crippen LogP contribution is 1.75. The lowest BCUT2D eigenvalue weighted by molar-refractivity contribution is -0.119. The van der Waals surface area contributed by atoms with Gasteiger partial charge in [0.05, 0.1) is 6.61 Å². The van der Waals surface area contributed by atoms with E-state index >= 15 is 0 Å². The van der Waals surface area contributed by atoms with Crippen LogP contribution in [0.2, 0.25) is 0 Å². The van der Waals surface area contributed by atoms with Gasteiger partial charge in [-0.1, -0.05) is 0 Å². The van der Waals surface area contributed by atoms with Crippen molar-refractivity contribution in [3.05, 3.63) is 0 Å². The zero-order chi connectivity index (χ0) is 12.2. The first-order valence-corrected chi connectivity index (χ1v) is 5.52. The second-order valence-electron chi connectivity index (χ2n) is 3.07. The van der Waals surface area contributed by atoms with Gasteiger partial charge < -0.3 is 20.7 Å². The Labute approximate surface area is 96.8 Å². The molecule has 0 heterocycles. The van der Waals surface area contributed by atoms with Gasteiger partial charge in [0.1, 0.15) is 6.54 Å². The number of aliphatic imine (C=N–C) groups is 1. The summed E-state index contributed by atoms with van der Waals surface area (Å²) in [5, 5.41) is 8.78. The molecule has 0 atom stereocenters. The highest BCUT2D eigenvalue weighted by Gasteiger charge is 2.00. The number of carbonyl (C=O) groups is 1. The van der Waals surface area contributed by atoms with E-state index in [9.17, 15) is 4.79 Å². The molecule has 0 radical (unpaired) electrons. The van der Waals surface area contributed by atoms with Crippen molar-refractivity contribution in [1.29, 1.82) is 0 Å². The Morgan fingerprint density at radius 2 is 1.81 bits per heavy atom. The summed E-state index contributed by atoms with van der Waals surface area (Å²) in [6.45, 7) is 6.66. The van der Waals surface area contributed by atoms with Crippen molar-refractivity contribution in [2.45, 2.75) is 13.8 Å². The second kappa shape index (κ2) is 10.2. The maximum Gasteiger partial charge on any atom is 0.241 e. The van der Waals surface area contributed by atoms with Crippen molar-refractivity contribution in [1.82, 2.24) is 16.0 Å². The van der Waals surface area contributed by atoms with Crippen LogP contribution < -0.4 is 16.0 Å². The Kier molecular flexibility index (Phi) is 9.39. The summed E-state index contributed by atoms with van der Waals surface area (Å²) in [5.41, 5.74) is 0. The van der Waals surface area contributed by atoms with Crippen molar-refractivity contribution in [2.75, 3.05) is 39.9 Å². The van der Waals surface area contributed by atoms with Crippen LogP contribution in [-0.4, -0.2) is 51.8 Å². The zero-order valence-electron chi connectivity index (χ0n) is 10.3. The van der Waals surface area contributed by atoms with E-state index < -0.39 is 0 Å². The molecule has 16 heavy (non-hydrogen) atoms. The van der Waals surface area contributed by atoms with Crippen molar-refractivity contribution < 1.29 is 9.53 Å². The second-order valence-corrected chi connectivity index (χ2v) is 3.07. The van der Waals surface area contributed by atoms with Gasteiger partial charge in [0.2, 0.25) is 5.91 Å². The molecule has 0 aliphatic carbocycles. The van der Waals surface area contributed by atoms with Gasteiger partial charge in [0.15, 0.2) is 5.96 Å². The first kappa shape index (κ1) is 14.7. The molecule has 6 heteroatoms. The molecule has 0 unspecified atom stereocenters. The van der Waals surface area contributed by atoms with E-state index in [4.69, 9.17) is 4.74 Å². The zero-order valence-corrected chi connectivity index (χ0v) is 10.3. The Morgan fingerprint density at radius 3 is 2.31 bits per heavy atom. The van der Waals surface area contributed by atoms with E-state index in [0.717, 1.165) is 13.1 Å². The molecule has 0 aromatic carbocycles. The number of nitrogens with zero attached hydrogens (tertiary/aromatic N) is 1. The number of hydrogen-bond acceptors (Lipinski definition) is 3. The van der Waals surface area contributed by atoms with Crippen LogP contribution >= 0.6 is 0 Å². The molecule has 0 bridgehead atoms. The Balaban J connectivity index is 3.85. The van der Waals surface area contributed by atoms with Crippen LogP contribution in [0.1, 0.15) is 13.8 Å². The molecule has 3 N–H and O–H groups in total. The number of ether oxygens (including phenoxy) is 1. The van der Waals surface area contributed by atoms with Gasteiger partial charge in [0, 0.05) is 26.7 Å². The molecule has 0 saturated heterocycles. The van der Waals surface area contributed by atoms with Crippen LogP contribution in [0.5, 0.6) is 0 Å². The fraction of sp³-hybridized carbons (Fsp3) is 0.800. The van der Waals surface area contributed by atoms with Crippen LogP contribution in [0.4, 0.5) is 0 Å². The molecule has 0 aliphatic rings. The van der Waals surface area contributed by atoms with Gasteiger partial charge in [-0.3, -0.25) is 4.79 Å². The Morgan fingerprint density at radius 1 is 1.19 bits per heavy atom. The van der Waals surface area contributed by atoms with Crippen molar-refractivity contribution >= 4 is 11.9 Å². The Hall–Kier alpha value is -1.30. The molecule has 0 aromatic rings. The first-order chi connectivity index (χ1) is 7.74. The molecule has 6 nitrogen and oxygen atoms in total. The van der Waals surface area contributed by atoms with E-state index in [0.29, 0.717) is 19.1 Å². The number of amides is 1. The minimum Gasteiger partial charge on any atom is -0.383 e. The summed E-state index contributed by atoms with van der Waals surface area (Å²) in [7, 11) is 1.60. The molecule has 94 valence electrons. The monoisotopic (exact) mass is 230 g/mol. The predicted molar refractivity (Wildman–Crippen MR) is 64.5 cm³/mol. The van der Waals surface area contributed by atoms with Crippen molar-refractivity contribution in [2.24, 2.45) is 4.99 Å². The van der Waals surface area contributed by atoms with Crippen LogP contribution in [-0.2, 0) is 9.53 Å². The molecule has 0 saturated carbocycles. The molecule has 1 amide bonds. The van der Waals surface area contributed by atoms with Gasteiger partial charge in [-0.15, -0.1) is 0 Å². The van der Waals surface area contributed by atoms with Crippen molar-refractivity contribution in [3.8, 4) is 0 Å². The number of carbonyl (C=O) groups excluding carboxylic acids is 1. The van der Waals surface area contributed by atoms with Crippen LogP contribution in [0, 0.1) is 0 Å². The third kappa shape index (κ3) is 8.05. The largest absolute Gasteiger partial charge is 0.383 e. The lowest BCUT2D eigenvalue weighted by atomic mass is 10.5. The average molecular weight is 230 g/mol. The van der Waals surface area contributed by atoms with E-state index in [2.05, 4.69) is 20.9 Å². The fourth-order valence-corrected chi connectivity index (χ4v) is 1.01. The molecule has 0 aliphatic heterocycles. The number of nitrogens with one attached hydrogen (secondary N) is 3. The topological polar surface area (TPSA) is 74.8 Å². The highest BCUT2D eigenvalue weighted by atomic mass is 16.5. The summed E-state index contributed by atoms with van der Waals surface area (Å²) in [4.78, 5) is 15.4. The summed E-state index contributed by atoms with van der Waals surface area (Å²) >= 11 is 0. The summed E-state index contributed by atoms with van der Waals surface area (Å²) in [5.74, 6) is 0.553. The average Bonchev–Trinajstić information content (AvgIpc) is 2.27. The summed E-state index contributed by atoms with van der Waals surface area (Å²) < 4.78 is 4.82. The number of rotatable bonds is 7. The van der Waals surface area contributed by atoms with Gasteiger partial charge in [-0.25, -0.2) is 4.99 Å². The normalized spacial score (nSPS) is 9.44. The first-order valence-electron chi connectivity index (χ1n) is 5.52. The van der Waals surface area contributed by atoms with E-state index in [-0.39, 0.29) is 12.5 Å². The highest BCUT2D eigenvalue weighted by molar-refractivity contribution is 5.84. The van der Waals surface area contributed by atoms with Gasteiger partial charge >= 0.3 is 0 Å². The number of guanidine groups is 1. The predicted octanol–water partition coefficient (Wildman–Crippen LogP) is -0.676. The third-order valence-corrected chi connectivity index (χ3v) is 1.70. The summed E-state index contributed by atoms with van der Waals surface area (Å²) in [6, 6.07) is 0. The minimum atomic E-state index is -0.106. The van der Waals surface area contributed by atoms with Gasteiger partial charge in [-0.2, -0.15) is 0 Å². The number of hydrogen-bond donors (Lipinski definition) is 3. The maximum absolute atomic E-state index is 11.3. The lowest BCUT2D eigenvalue weighted by Gasteiger charge is -2.09. The smallest absolute Gasteiger partial charge is 0.241 e. The Bertz CT molecular complexity index is 211. The van der Waals surface area contributed by atoms with Gasteiger partial charge in [0.25, 0.3) is 0 Å². The SMILES string of the molecule is CCNC(=NCC(=O)NCCOC)NCC. The quantitative estimate of drug-likeness (QED) is 0.308. The lowest BCUT2D eigenvalue weighted by Crippen LogP contribution is -2.38. The van der Waals surface area contributed by atoms with E-state index in [1.807, 2.05) is 13.8 Å². The number of methoxy groups -OCH3 is 1. The van der Waals surface area contributed by atoms with Crippen molar-refractivity contribution in [3.63, 3.8) is 0 Å². The standard InChI is InChI=1S/C10H22N4O2/c1-4-11-10(12-5-2)14-8-9(15)13-6-7-16-3/h4-8H2,1-3H3,(H,13,15)(H2,11,12,14). The fourth-order valence-electron chi connectivity index (χ4n) is 1.01. The van der Waals surface area contributed by atoms with Crippen LogP contribution in [0.25, 0.3) is 0 Å². The maximum atomic E-state index is 11.3. The van der Waals surface area contributed by atoms with E-state index in [1.54, 1.807) is 7.11 Å². The molecule has 0 aromatic heterocycles. The van der Waals surface area contributed by atoms with Crippen LogP contribution in [0.15, 0.2) is 4.99 Å². The van der Waals surface area contributed by atoms with E-state index in [1.165, 1.54) is 0 Å². The minimum absolute atomic E-state index is 0.106. The summed E-state index contributed by atoms with van der Waals surface area (Å²) in [6.07, 6.45) is 0.